The molecular weight excluding hydrogens is 200 g/mol. The normalized spacial score (nSPS) is 18.9. The van der Waals surface area contributed by atoms with Crippen molar-refractivity contribution in [1.82, 2.24) is 0 Å². The fraction of sp³-hybridized carbons (Fsp3) is 0.929. The lowest BCUT2D eigenvalue weighted by Crippen LogP contribution is -1.93. The van der Waals surface area contributed by atoms with Crippen molar-refractivity contribution in [3.8, 4) is 0 Å². The summed E-state index contributed by atoms with van der Waals surface area (Å²) in [5.41, 5.74) is 0. The molecule has 0 heterocycles. The van der Waals surface area contributed by atoms with Crippen LogP contribution in [-0.4, -0.2) is 11.1 Å². The second-order valence-electron chi connectivity index (χ2n) is 4.03. The van der Waals surface area contributed by atoms with Gasteiger partial charge in [0.2, 0.25) is 0 Å². The second kappa shape index (κ2) is 12.5. The zero-order chi connectivity index (χ0) is 16.5. The van der Waals surface area contributed by atoms with Crippen LogP contribution in [0.3, 0.4) is 0 Å². The van der Waals surface area contributed by atoms with Gasteiger partial charge in [-0.3, -0.25) is 4.79 Å². The summed E-state index contributed by atoms with van der Waals surface area (Å²) < 4.78 is 37.1. The van der Waals surface area contributed by atoms with Gasteiger partial charge in [0.1, 0.15) is 0 Å². The van der Waals surface area contributed by atoms with Crippen molar-refractivity contribution >= 4 is 5.97 Å². The molecule has 96 valence electrons. The van der Waals surface area contributed by atoms with E-state index in [1.165, 1.54) is 0 Å². The summed E-state index contributed by atoms with van der Waals surface area (Å²) in [6, 6.07) is 0. The maximum atomic E-state index is 10.7. The quantitative estimate of drug-likeness (QED) is 0.493. The molecule has 0 unspecified atom stereocenters. The molecule has 0 amide bonds. The molecule has 0 aliphatic carbocycles. The van der Waals surface area contributed by atoms with Crippen LogP contribution in [0, 0.1) is 0 Å². The third-order valence-electron chi connectivity index (χ3n) is 2.49. The minimum Gasteiger partial charge on any atom is -0.481 e. The third-order valence-corrected chi connectivity index (χ3v) is 2.49. The Kier molecular flexibility index (Phi) is 6.70. The molecule has 0 fully saturated rings. The highest BCUT2D eigenvalue weighted by Gasteiger charge is 1.96. The zero-order valence-electron chi connectivity index (χ0n) is 15.3. The lowest BCUT2D eigenvalue weighted by molar-refractivity contribution is -0.137. The summed E-state index contributed by atoms with van der Waals surface area (Å²) >= 11 is 0. The zero-order valence-corrected chi connectivity index (χ0v) is 10.3. The number of unbranched alkanes of at least 4 members (excludes halogenated alkanes) is 6. The SMILES string of the molecule is [2H][C@H](C)CCCCCCCCCC([2H])([2H])C([2H])([2H])C(=O)O. The van der Waals surface area contributed by atoms with Crippen molar-refractivity contribution in [3.63, 3.8) is 0 Å². The predicted octanol–water partition coefficient (Wildman–Crippen LogP) is 4.77. The van der Waals surface area contributed by atoms with Gasteiger partial charge in [-0.2, -0.15) is 0 Å². The first-order valence-electron chi connectivity index (χ1n) is 8.84. The van der Waals surface area contributed by atoms with Crippen molar-refractivity contribution in [2.45, 2.75) is 83.9 Å². The number of carboxylic acid groups (broad SMARTS) is 1. The molecule has 0 spiro atoms. The van der Waals surface area contributed by atoms with E-state index >= 15 is 0 Å². The van der Waals surface area contributed by atoms with Gasteiger partial charge in [-0.05, 0) is 6.37 Å². The van der Waals surface area contributed by atoms with E-state index in [9.17, 15) is 4.79 Å². The number of aliphatic carboxylic acids is 1. The highest BCUT2D eigenvalue weighted by atomic mass is 16.4. The second-order valence-corrected chi connectivity index (χ2v) is 4.03. The average molecular weight is 233 g/mol. The van der Waals surface area contributed by atoms with Crippen LogP contribution in [0.2, 0.25) is 0 Å². The minimum absolute atomic E-state index is 0.0106. The van der Waals surface area contributed by atoms with E-state index in [4.69, 9.17) is 12.0 Å². The first-order chi connectivity index (χ1) is 9.61. The Labute approximate surface area is 107 Å². The summed E-state index contributed by atoms with van der Waals surface area (Å²) in [5.74, 6) is -1.74. The third kappa shape index (κ3) is 13.5. The molecule has 1 N–H and O–H groups in total. The summed E-state index contributed by atoms with van der Waals surface area (Å²) in [5, 5.41) is 8.71. The number of carbonyl (C=O) groups is 1. The van der Waals surface area contributed by atoms with Crippen molar-refractivity contribution < 1.29 is 16.8 Å². The van der Waals surface area contributed by atoms with Gasteiger partial charge < -0.3 is 5.11 Å². The molecule has 0 saturated carbocycles. The van der Waals surface area contributed by atoms with Crippen molar-refractivity contribution in [3.05, 3.63) is 0 Å². The summed E-state index contributed by atoms with van der Waals surface area (Å²) in [7, 11) is 0. The van der Waals surface area contributed by atoms with Gasteiger partial charge in [0.25, 0.3) is 0 Å². The molecule has 0 saturated heterocycles. The number of carboxylic acids is 1. The first kappa shape index (κ1) is 8.54. The van der Waals surface area contributed by atoms with Gasteiger partial charge in [-0.1, -0.05) is 71.1 Å². The molecule has 0 aromatic heterocycles. The summed E-state index contributed by atoms with van der Waals surface area (Å²) in [6.45, 7) is 1.89. The molecule has 1 atom stereocenters. The van der Waals surface area contributed by atoms with E-state index in [0.717, 1.165) is 44.9 Å². The smallest absolute Gasteiger partial charge is 0.303 e. The molecule has 0 aliphatic rings. The molecule has 0 radical (unpaired) electrons. The number of rotatable bonds is 12. The molecular formula is C14H28O2. The average Bonchev–Trinajstić information content (AvgIpc) is 2.35. The molecule has 0 aromatic rings. The maximum Gasteiger partial charge on any atom is 0.303 e. The van der Waals surface area contributed by atoms with E-state index in [2.05, 4.69) is 0 Å². The first-order valence-corrected chi connectivity index (χ1v) is 6.27. The summed E-state index contributed by atoms with van der Waals surface area (Å²) in [6.07, 6.45) is 2.33. The standard InChI is InChI=1S/C14H28O2/c1-2-3-4-5-6-7-8-9-10-11-12-13-14(15)16/h2-13H2,1H3,(H,15,16)/i2D,12D2,13D2/t2-/m1/s1. The topological polar surface area (TPSA) is 37.3 Å². The molecule has 0 rings (SSSR count). The Balaban J connectivity index is 3.69. The Morgan fingerprint density at radius 3 is 1.81 bits per heavy atom. The van der Waals surface area contributed by atoms with Gasteiger partial charge in [0.05, 0.1) is 0 Å². The van der Waals surface area contributed by atoms with E-state index < -0.39 is 18.7 Å². The summed E-state index contributed by atoms with van der Waals surface area (Å²) in [4.78, 5) is 10.7. The predicted molar refractivity (Wildman–Crippen MR) is 68.7 cm³/mol. The van der Waals surface area contributed by atoms with Gasteiger partial charge >= 0.3 is 5.97 Å². The lowest BCUT2D eigenvalue weighted by Gasteiger charge is -2.01. The van der Waals surface area contributed by atoms with E-state index in [1.54, 1.807) is 0 Å². The highest BCUT2D eigenvalue weighted by Crippen LogP contribution is 2.11. The molecule has 16 heavy (non-hydrogen) atoms. The van der Waals surface area contributed by atoms with Crippen LogP contribution in [0.1, 0.15) is 90.7 Å². The van der Waals surface area contributed by atoms with Crippen molar-refractivity contribution in [2.24, 2.45) is 0 Å². The fourth-order valence-electron chi connectivity index (χ4n) is 1.58. The van der Waals surface area contributed by atoms with Gasteiger partial charge in [0.15, 0.2) is 0 Å². The monoisotopic (exact) mass is 233 g/mol. The van der Waals surface area contributed by atoms with Crippen LogP contribution in [-0.2, 0) is 4.79 Å². The van der Waals surface area contributed by atoms with Crippen molar-refractivity contribution in [2.75, 3.05) is 0 Å². The molecule has 0 bridgehead atoms. The van der Waals surface area contributed by atoms with Crippen molar-refractivity contribution in [1.29, 1.82) is 0 Å². The van der Waals surface area contributed by atoms with Gasteiger partial charge in [-0.15, -0.1) is 0 Å². The lowest BCUT2D eigenvalue weighted by atomic mass is 10.1. The van der Waals surface area contributed by atoms with Crippen LogP contribution in [0.25, 0.3) is 0 Å². The number of hydrogen-bond acceptors (Lipinski definition) is 1. The number of hydrogen-bond donors (Lipinski definition) is 1. The van der Waals surface area contributed by atoms with Crippen LogP contribution >= 0.6 is 0 Å². The Morgan fingerprint density at radius 1 is 0.938 bits per heavy atom. The minimum atomic E-state index is -2.83. The van der Waals surface area contributed by atoms with Crippen LogP contribution in [0.5, 0.6) is 0 Å². The van der Waals surface area contributed by atoms with Crippen LogP contribution in [0.4, 0.5) is 0 Å². The molecule has 2 heteroatoms. The molecule has 0 aliphatic heterocycles. The van der Waals surface area contributed by atoms with Crippen LogP contribution < -0.4 is 0 Å². The molecule has 0 aromatic carbocycles. The molecule has 2 nitrogen and oxygen atoms in total. The van der Waals surface area contributed by atoms with Gasteiger partial charge in [0, 0.05) is 13.2 Å². The maximum absolute atomic E-state index is 10.7. The van der Waals surface area contributed by atoms with E-state index in [-0.39, 0.29) is 12.8 Å². The van der Waals surface area contributed by atoms with Gasteiger partial charge in [-0.25, -0.2) is 0 Å². The van der Waals surface area contributed by atoms with E-state index in [1.807, 2.05) is 6.92 Å². The van der Waals surface area contributed by atoms with E-state index in [0.29, 0.717) is 6.42 Å². The van der Waals surface area contributed by atoms with Crippen LogP contribution in [0.15, 0.2) is 0 Å². The fourth-order valence-corrected chi connectivity index (χ4v) is 1.58. The largest absolute Gasteiger partial charge is 0.481 e. The Morgan fingerprint density at radius 2 is 1.38 bits per heavy atom. The highest BCUT2D eigenvalue weighted by molar-refractivity contribution is 5.66. The Bertz CT molecular complexity index is 306. The Hall–Kier alpha value is -0.530.